The summed E-state index contributed by atoms with van der Waals surface area (Å²) in [5.74, 6) is 1.03. The average molecular weight is 257 g/mol. The Bertz CT molecular complexity index is 279. The first-order valence-corrected chi connectivity index (χ1v) is 7.60. The molecule has 0 bridgehead atoms. The lowest BCUT2D eigenvalue weighted by Gasteiger charge is -2.47. The summed E-state index contributed by atoms with van der Waals surface area (Å²) in [7, 11) is 0. The summed E-state index contributed by atoms with van der Waals surface area (Å²) in [4.78, 5) is 14.4. The van der Waals surface area contributed by atoms with Crippen molar-refractivity contribution in [3.63, 3.8) is 0 Å². The quantitative estimate of drug-likeness (QED) is 0.753. The number of primary amides is 1. The van der Waals surface area contributed by atoms with Crippen LogP contribution in [0.5, 0.6) is 0 Å². The molecule has 3 N–H and O–H groups in total. The minimum atomic E-state index is -0.408. The van der Waals surface area contributed by atoms with Gasteiger partial charge in [-0.3, -0.25) is 9.69 Å². The minimum Gasteiger partial charge on any atom is -0.368 e. The monoisotopic (exact) mass is 257 g/mol. The topological polar surface area (TPSA) is 58.4 Å². The van der Waals surface area contributed by atoms with Gasteiger partial charge in [0.1, 0.15) is 5.54 Å². The molecule has 2 atom stereocenters. The Labute approximate surface area is 108 Å². The van der Waals surface area contributed by atoms with Crippen molar-refractivity contribution in [2.75, 3.05) is 31.9 Å². The normalized spacial score (nSPS) is 36.4. The van der Waals surface area contributed by atoms with E-state index in [2.05, 4.69) is 17.1 Å². The van der Waals surface area contributed by atoms with Gasteiger partial charge in [-0.05, 0) is 31.6 Å². The van der Waals surface area contributed by atoms with Crippen molar-refractivity contribution in [1.29, 1.82) is 0 Å². The smallest absolute Gasteiger partial charge is 0.239 e. The SMILES string of the molecule is CC1SCCCC1(C(N)=O)N1CCCNCC1. The van der Waals surface area contributed by atoms with E-state index in [4.69, 9.17) is 5.73 Å². The standard InChI is InChI=1S/C12H23N3OS/c1-10-12(11(13)16,4-2-9-17-10)15-7-3-5-14-6-8-15/h10,14H,2-9H2,1H3,(H2,13,16). The lowest BCUT2D eigenvalue weighted by Crippen LogP contribution is -2.64. The van der Waals surface area contributed by atoms with Gasteiger partial charge < -0.3 is 11.1 Å². The van der Waals surface area contributed by atoms with Crippen LogP contribution in [0.4, 0.5) is 0 Å². The molecule has 1 amide bonds. The zero-order valence-electron chi connectivity index (χ0n) is 10.6. The van der Waals surface area contributed by atoms with E-state index in [0.29, 0.717) is 5.25 Å². The number of thioether (sulfide) groups is 1. The minimum absolute atomic E-state index is 0.126. The number of hydrogen-bond donors (Lipinski definition) is 2. The molecule has 5 heteroatoms. The summed E-state index contributed by atoms with van der Waals surface area (Å²) in [6.45, 7) is 6.10. The van der Waals surface area contributed by atoms with Crippen LogP contribution >= 0.6 is 11.8 Å². The van der Waals surface area contributed by atoms with Crippen molar-refractivity contribution in [3.8, 4) is 0 Å². The van der Waals surface area contributed by atoms with Gasteiger partial charge in [0.05, 0.1) is 0 Å². The van der Waals surface area contributed by atoms with E-state index in [-0.39, 0.29) is 5.91 Å². The van der Waals surface area contributed by atoms with Crippen molar-refractivity contribution in [1.82, 2.24) is 10.2 Å². The molecule has 0 aliphatic carbocycles. The lowest BCUT2D eigenvalue weighted by molar-refractivity contribution is -0.131. The molecule has 2 aliphatic heterocycles. The van der Waals surface area contributed by atoms with E-state index >= 15 is 0 Å². The van der Waals surface area contributed by atoms with Crippen molar-refractivity contribution < 1.29 is 4.79 Å². The van der Waals surface area contributed by atoms with Gasteiger partial charge in [0, 0.05) is 24.9 Å². The fourth-order valence-electron chi connectivity index (χ4n) is 3.08. The predicted octanol–water partition coefficient (Wildman–Crippen LogP) is 0.421. The Kier molecular flexibility index (Phi) is 4.33. The molecule has 98 valence electrons. The molecule has 0 radical (unpaired) electrons. The third kappa shape index (κ3) is 2.46. The van der Waals surface area contributed by atoms with E-state index in [1.54, 1.807) is 0 Å². The molecule has 0 aromatic rings. The molecule has 2 aliphatic rings. The zero-order chi connectivity index (χ0) is 12.3. The summed E-state index contributed by atoms with van der Waals surface area (Å²) < 4.78 is 0. The second-order valence-corrected chi connectivity index (χ2v) is 6.44. The molecule has 4 nitrogen and oxygen atoms in total. The number of hydrogen-bond acceptors (Lipinski definition) is 4. The van der Waals surface area contributed by atoms with Crippen LogP contribution in [-0.4, -0.2) is 53.5 Å². The first kappa shape index (κ1) is 13.2. The fourth-order valence-corrected chi connectivity index (χ4v) is 4.41. The van der Waals surface area contributed by atoms with Crippen molar-refractivity contribution in [3.05, 3.63) is 0 Å². The number of nitrogens with two attached hydrogens (primary N) is 1. The van der Waals surface area contributed by atoms with E-state index in [9.17, 15) is 4.79 Å². The largest absolute Gasteiger partial charge is 0.368 e. The molecular weight excluding hydrogens is 234 g/mol. The molecule has 17 heavy (non-hydrogen) atoms. The van der Waals surface area contributed by atoms with Crippen LogP contribution in [0.2, 0.25) is 0 Å². The third-order valence-corrected chi connectivity index (χ3v) is 5.49. The number of carbonyl (C=O) groups is 1. The Balaban J connectivity index is 2.22. The molecule has 2 rings (SSSR count). The summed E-state index contributed by atoms with van der Waals surface area (Å²) in [5.41, 5.74) is 5.35. The summed E-state index contributed by atoms with van der Waals surface area (Å²) >= 11 is 1.89. The predicted molar refractivity (Wildman–Crippen MR) is 72.1 cm³/mol. The molecule has 2 heterocycles. The fraction of sp³-hybridized carbons (Fsp3) is 0.917. The highest BCUT2D eigenvalue weighted by Gasteiger charge is 2.48. The molecule has 0 aromatic carbocycles. The highest BCUT2D eigenvalue weighted by Crippen LogP contribution is 2.38. The first-order chi connectivity index (χ1) is 8.18. The molecular formula is C12H23N3OS. The van der Waals surface area contributed by atoms with Gasteiger partial charge in [-0.1, -0.05) is 6.92 Å². The number of amides is 1. The van der Waals surface area contributed by atoms with Gasteiger partial charge in [-0.25, -0.2) is 0 Å². The zero-order valence-corrected chi connectivity index (χ0v) is 11.4. The molecule has 2 saturated heterocycles. The molecule has 0 aromatic heterocycles. The van der Waals surface area contributed by atoms with Gasteiger partial charge in [0.2, 0.25) is 5.91 Å². The highest BCUT2D eigenvalue weighted by atomic mass is 32.2. The van der Waals surface area contributed by atoms with Crippen LogP contribution in [0.1, 0.15) is 26.2 Å². The Hall–Kier alpha value is -0.260. The summed E-state index contributed by atoms with van der Waals surface area (Å²) in [5, 5.41) is 3.70. The number of rotatable bonds is 2. The number of carbonyl (C=O) groups excluding carboxylic acids is 1. The lowest BCUT2D eigenvalue weighted by atomic mass is 9.86. The van der Waals surface area contributed by atoms with Crippen LogP contribution in [0.3, 0.4) is 0 Å². The molecule has 2 unspecified atom stereocenters. The van der Waals surface area contributed by atoms with Crippen LogP contribution in [0.25, 0.3) is 0 Å². The highest BCUT2D eigenvalue weighted by molar-refractivity contribution is 8.00. The van der Waals surface area contributed by atoms with Gasteiger partial charge in [0.25, 0.3) is 0 Å². The van der Waals surface area contributed by atoms with Crippen molar-refractivity contribution in [2.24, 2.45) is 5.73 Å². The molecule has 0 saturated carbocycles. The van der Waals surface area contributed by atoms with E-state index in [0.717, 1.165) is 51.2 Å². The van der Waals surface area contributed by atoms with Gasteiger partial charge in [-0.15, -0.1) is 0 Å². The Morgan fingerprint density at radius 1 is 1.41 bits per heavy atom. The number of nitrogens with one attached hydrogen (secondary N) is 1. The summed E-state index contributed by atoms with van der Waals surface area (Å²) in [6, 6.07) is 0. The Morgan fingerprint density at radius 2 is 2.24 bits per heavy atom. The second-order valence-electron chi connectivity index (χ2n) is 5.00. The molecule has 2 fully saturated rings. The maximum Gasteiger partial charge on any atom is 0.239 e. The molecule has 0 spiro atoms. The van der Waals surface area contributed by atoms with Crippen LogP contribution in [-0.2, 0) is 4.79 Å². The van der Waals surface area contributed by atoms with Crippen molar-refractivity contribution in [2.45, 2.75) is 37.0 Å². The maximum atomic E-state index is 12.0. The second kappa shape index (κ2) is 5.59. The van der Waals surface area contributed by atoms with Crippen LogP contribution in [0.15, 0.2) is 0 Å². The number of nitrogens with zero attached hydrogens (tertiary/aromatic N) is 1. The third-order valence-electron chi connectivity index (χ3n) is 4.07. The van der Waals surface area contributed by atoms with Crippen LogP contribution in [0, 0.1) is 0 Å². The average Bonchev–Trinajstić information content (AvgIpc) is 2.58. The van der Waals surface area contributed by atoms with Gasteiger partial charge >= 0.3 is 0 Å². The van der Waals surface area contributed by atoms with Gasteiger partial charge in [-0.2, -0.15) is 11.8 Å². The first-order valence-electron chi connectivity index (χ1n) is 6.55. The maximum absolute atomic E-state index is 12.0. The van der Waals surface area contributed by atoms with E-state index in [1.807, 2.05) is 11.8 Å². The van der Waals surface area contributed by atoms with E-state index in [1.165, 1.54) is 0 Å². The van der Waals surface area contributed by atoms with Crippen molar-refractivity contribution >= 4 is 17.7 Å². The van der Waals surface area contributed by atoms with Crippen LogP contribution < -0.4 is 11.1 Å². The van der Waals surface area contributed by atoms with E-state index < -0.39 is 5.54 Å². The Morgan fingerprint density at radius 3 is 2.94 bits per heavy atom. The summed E-state index contributed by atoms with van der Waals surface area (Å²) in [6.07, 6.45) is 3.13. The van der Waals surface area contributed by atoms with Gasteiger partial charge in [0.15, 0.2) is 0 Å².